The molecule has 2 aliphatic rings. The summed E-state index contributed by atoms with van der Waals surface area (Å²) in [5.41, 5.74) is 0.695. The smallest absolute Gasteiger partial charge is 0.348 e. The number of nitriles is 1. The number of esters is 1. The second kappa shape index (κ2) is 11.3. The fraction of sp³-hybridized carbons (Fsp3) is 0.630. The molecule has 1 N–H and O–H groups in total. The monoisotopic (exact) mass is 503 g/mol. The lowest BCUT2D eigenvalue weighted by Crippen LogP contribution is -2.45. The molecule has 1 unspecified atom stereocenters. The molecule has 2 aliphatic carbocycles. The Morgan fingerprint density at radius 3 is 2.79 bits per heavy atom. The molecule has 2 aromatic heterocycles. The van der Waals surface area contributed by atoms with Gasteiger partial charge >= 0.3 is 5.97 Å². The van der Waals surface area contributed by atoms with E-state index in [1.807, 2.05) is 17.5 Å². The van der Waals surface area contributed by atoms with Crippen molar-refractivity contribution in [2.75, 3.05) is 7.11 Å². The van der Waals surface area contributed by atoms with Gasteiger partial charge in [-0.25, -0.2) is 4.79 Å². The highest BCUT2D eigenvalue weighted by Gasteiger charge is 2.45. The van der Waals surface area contributed by atoms with Crippen molar-refractivity contribution in [3.8, 4) is 6.07 Å². The van der Waals surface area contributed by atoms with Gasteiger partial charge in [-0.15, -0.1) is 22.7 Å². The quantitative estimate of drug-likeness (QED) is 0.339. The van der Waals surface area contributed by atoms with Gasteiger partial charge in [0.15, 0.2) is 5.13 Å². The second-order valence-corrected chi connectivity index (χ2v) is 12.0. The molecule has 4 rings (SSSR count). The molecule has 0 aliphatic heterocycles. The molecule has 0 aromatic carbocycles. The van der Waals surface area contributed by atoms with Gasteiger partial charge in [-0.2, -0.15) is 9.65 Å². The van der Waals surface area contributed by atoms with Crippen LogP contribution in [0.2, 0.25) is 0 Å². The van der Waals surface area contributed by atoms with Gasteiger partial charge in [0.1, 0.15) is 4.88 Å². The van der Waals surface area contributed by atoms with Crippen LogP contribution in [0.5, 0.6) is 0 Å². The summed E-state index contributed by atoms with van der Waals surface area (Å²) in [5.74, 6) is 0.768. The molecule has 2 heterocycles. The van der Waals surface area contributed by atoms with Gasteiger partial charge in [-0.1, -0.05) is 12.8 Å². The number of ether oxygens (including phenoxy) is 1. The number of aliphatic hydroxyl groups is 1. The Morgan fingerprint density at radius 2 is 2.15 bits per heavy atom. The van der Waals surface area contributed by atoms with Crippen molar-refractivity contribution in [1.29, 1.82) is 5.26 Å². The largest absolute Gasteiger partial charge is 0.465 e. The molecule has 2 saturated carbocycles. The van der Waals surface area contributed by atoms with Gasteiger partial charge in [0.2, 0.25) is 0 Å². The van der Waals surface area contributed by atoms with Crippen LogP contribution in [0.4, 0.5) is 4.39 Å². The van der Waals surface area contributed by atoms with Crippen LogP contribution >= 0.6 is 22.7 Å². The van der Waals surface area contributed by atoms with Crippen molar-refractivity contribution in [2.45, 2.75) is 82.1 Å². The minimum atomic E-state index is -0.446. The molecule has 0 amide bonds. The first-order valence-corrected chi connectivity index (χ1v) is 14.2. The fourth-order valence-electron chi connectivity index (χ4n) is 6.13. The number of halogens is 1. The number of rotatable bonds is 11. The first-order valence-electron chi connectivity index (χ1n) is 12.5. The third kappa shape index (κ3) is 5.40. The van der Waals surface area contributed by atoms with Gasteiger partial charge in [0.25, 0.3) is 0 Å². The molecule has 0 radical (unpaired) electrons. The van der Waals surface area contributed by atoms with Crippen molar-refractivity contribution < 1.29 is 19.0 Å². The molecule has 0 saturated heterocycles. The summed E-state index contributed by atoms with van der Waals surface area (Å²) in [6.45, 7) is 0. The third-order valence-electron chi connectivity index (χ3n) is 8.22. The number of thiophene rings is 2. The molecule has 4 atom stereocenters. The summed E-state index contributed by atoms with van der Waals surface area (Å²) in [6, 6.07) is 7.99. The Hall–Kier alpha value is -1.75. The van der Waals surface area contributed by atoms with Gasteiger partial charge in [0.05, 0.1) is 19.3 Å². The number of nitrogens with zero attached hydrogens (tertiary/aromatic N) is 1. The van der Waals surface area contributed by atoms with Gasteiger partial charge in [-0.05, 0) is 98.8 Å². The maximum Gasteiger partial charge on any atom is 0.348 e. The number of carbonyl (C=O) groups excluding carboxylic acids is 1. The minimum absolute atomic E-state index is 0.110. The number of methoxy groups -OCH3 is 1. The van der Waals surface area contributed by atoms with Crippen LogP contribution in [0.15, 0.2) is 23.6 Å². The van der Waals surface area contributed by atoms with E-state index in [2.05, 4.69) is 6.07 Å². The van der Waals surface area contributed by atoms with Gasteiger partial charge in [0, 0.05) is 16.2 Å². The van der Waals surface area contributed by atoms with Gasteiger partial charge < -0.3 is 9.84 Å². The molecule has 2 fully saturated rings. The van der Waals surface area contributed by atoms with Crippen molar-refractivity contribution in [3.63, 3.8) is 0 Å². The summed E-state index contributed by atoms with van der Waals surface area (Å²) in [6.07, 6.45) is 10.2. The summed E-state index contributed by atoms with van der Waals surface area (Å²) >= 11 is 2.62. The summed E-state index contributed by atoms with van der Waals surface area (Å²) in [4.78, 5) is 13.5. The zero-order chi connectivity index (χ0) is 24.1. The maximum absolute atomic E-state index is 13.6. The molecule has 34 heavy (non-hydrogen) atoms. The predicted octanol–water partition coefficient (Wildman–Crippen LogP) is 6.88. The molecule has 4 nitrogen and oxygen atoms in total. The first-order chi connectivity index (χ1) is 16.5. The van der Waals surface area contributed by atoms with Crippen LogP contribution in [0.3, 0.4) is 0 Å². The van der Waals surface area contributed by atoms with Crippen LogP contribution in [-0.4, -0.2) is 24.3 Å². The molecular weight excluding hydrogens is 469 g/mol. The van der Waals surface area contributed by atoms with E-state index in [-0.39, 0.29) is 22.4 Å². The lowest BCUT2D eigenvalue weighted by molar-refractivity contribution is 0.0194. The van der Waals surface area contributed by atoms with E-state index in [0.717, 1.165) is 81.1 Å². The molecule has 184 valence electrons. The molecular formula is C27H34FNO3S2. The highest BCUT2D eigenvalue weighted by molar-refractivity contribution is 7.13. The average Bonchev–Trinajstić information content (AvgIpc) is 3.53. The fourth-order valence-corrected chi connectivity index (χ4v) is 7.84. The van der Waals surface area contributed by atoms with Crippen molar-refractivity contribution in [1.82, 2.24) is 0 Å². The van der Waals surface area contributed by atoms with Crippen LogP contribution in [0.25, 0.3) is 0 Å². The molecule has 0 bridgehead atoms. The van der Waals surface area contributed by atoms with Crippen LogP contribution in [0, 0.1) is 34.2 Å². The number of hydrogen-bond donors (Lipinski definition) is 1. The van der Waals surface area contributed by atoms with E-state index in [1.54, 1.807) is 6.07 Å². The molecule has 0 spiro atoms. The summed E-state index contributed by atoms with van der Waals surface area (Å²) in [5, 5.41) is 22.4. The standard InChI is InChI=1S/C27H34FNO3S2/c1-32-26(31)23-12-11-21(34-23)6-2-5-18-9-10-19(16-29)22(18)7-3-8-24(30)27(13-4-14-27)20-15-25(28)33-17-20/h11-12,15,17-19,22,24,30H,2-10,13-14H2,1H3/t18-,19+,22+,24?/m0/s1. The number of carbonyl (C=O) groups is 1. The normalized spacial score (nSPS) is 24.4. The zero-order valence-corrected chi connectivity index (χ0v) is 21.4. The topological polar surface area (TPSA) is 70.3 Å². The number of aliphatic hydroxyl groups excluding tert-OH is 1. The van der Waals surface area contributed by atoms with E-state index in [1.165, 1.54) is 23.3 Å². The Kier molecular flexibility index (Phi) is 8.44. The van der Waals surface area contributed by atoms with Gasteiger partial charge in [-0.3, -0.25) is 0 Å². The van der Waals surface area contributed by atoms with E-state index < -0.39 is 6.10 Å². The lowest BCUT2D eigenvalue weighted by Gasteiger charge is -2.45. The van der Waals surface area contributed by atoms with E-state index in [0.29, 0.717) is 23.1 Å². The minimum Gasteiger partial charge on any atom is -0.465 e. The van der Waals surface area contributed by atoms with Crippen molar-refractivity contribution >= 4 is 28.6 Å². The van der Waals surface area contributed by atoms with E-state index >= 15 is 0 Å². The number of hydrogen-bond acceptors (Lipinski definition) is 6. The average molecular weight is 504 g/mol. The Morgan fingerprint density at radius 1 is 1.32 bits per heavy atom. The molecule has 7 heteroatoms. The van der Waals surface area contributed by atoms with Crippen molar-refractivity contribution in [2.24, 2.45) is 17.8 Å². The lowest BCUT2D eigenvalue weighted by atomic mass is 9.61. The van der Waals surface area contributed by atoms with Crippen LogP contribution in [0.1, 0.15) is 84.3 Å². The Balaban J connectivity index is 1.27. The SMILES string of the molecule is COC(=O)c1ccc(CCC[C@H]2CC[C@H](C#N)[C@@H]2CCCC(O)C2(c3csc(F)c3)CCC2)s1. The zero-order valence-electron chi connectivity index (χ0n) is 19.8. The molecule has 2 aromatic rings. The third-order valence-corrected chi connectivity index (χ3v) is 10.1. The summed E-state index contributed by atoms with van der Waals surface area (Å²) < 4.78 is 18.4. The highest BCUT2D eigenvalue weighted by Crippen LogP contribution is 2.49. The Labute approximate surface area is 209 Å². The Bertz CT molecular complexity index is 1010. The highest BCUT2D eigenvalue weighted by atomic mass is 32.1. The first kappa shape index (κ1) is 25.3. The van der Waals surface area contributed by atoms with E-state index in [9.17, 15) is 19.6 Å². The van der Waals surface area contributed by atoms with E-state index in [4.69, 9.17) is 4.74 Å². The maximum atomic E-state index is 13.6. The summed E-state index contributed by atoms with van der Waals surface area (Å²) in [7, 11) is 1.40. The number of aryl methyl sites for hydroxylation is 1. The van der Waals surface area contributed by atoms with Crippen LogP contribution in [-0.2, 0) is 16.6 Å². The van der Waals surface area contributed by atoms with Crippen LogP contribution < -0.4 is 0 Å². The van der Waals surface area contributed by atoms with Crippen molar-refractivity contribution in [3.05, 3.63) is 44.0 Å². The second-order valence-electron chi connectivity index (χ2n) is 9.98. The predicted molar refractivity (Wildman–Crippen MR) is 134 cm³/mol.